The Morgan fingerprint density at radius 2 is 2.15 bits per heavy atom. The molecule has 5 heteroatoms. The van der Waals surface area contributed by atoms with Crippen molar-refractivity contribution in [1.82, 2.24) is 5.32 Å². The highest BCUT2D eigenvalue weighted by Gasteiger charge is 2.25. The Morgan fingerprint density at radius 1 is 1.40 bits per heavy atom. The van der Waals surface area contributed by atoms with Crippen LogP contribution in [0.4, 0.5) is 4.39 Å². The molecule has 2 rings (SSSR count). The summed E-state index contributed by atoms with van der Waals surface area (Å²) < 4.78 is 24.4. The van der Waals surface area contributed by atoms with Crippen LogP contribution in [0.1, 0.15) is 26.7 Å². The van der Waals surface area contributed by atoms with E-state index < -0.39 is 0 Å². The summed E-state index contributed by atoms with van der Waals surface area (Å²) in [4.78, 5) is 0. The fraction of sp³-hybridized carbons (Fsp3) is 0.600. The molecule has 0 radical (unpaired) electrons. The zero-order valence-corrected chi connectivity index (χ0v) is 12.6. The molecule has 0 spiro atoms. The number of rotatable bonds is 6. The van der Waals surface area contributed by atoms with Crippen LogP contribution in [0.5, 0.6) is 5.75 Å². The van der Waals surface area contributed by atoms with Crippen LogP contribution < -0.4 is 10.1 Å². The lowest BCUT2D eigenvalue weighted by Gasteiger charge is -2.16. The zero-order valence-electron chi connectivity index (χ0n) is 11.9. The average Bonchev–Trinajstić information content (AvgIpc) is 2.83. The highest BCUT2D eigenvalue weighted by molar-refractivity contribution is 6.32. The second-order valence-electron chi connectivity index (χ2n) is 5.41. The maximum atomic E-state index is 12.9. The van der Waals surface area contributed by atoms with E-state index in [1.165, 1.54) is 12.1 Å². The fourth-order valence-corrected chi connectivity index (χ4v) is 2.42. The summed E-state index contributed by atoms with van der Waals surface area (Å²) in [7, 11) is 0. The van der Waals surface area contributed by atoms with Crippen LogP contribution in [-0.2, 0) is 4.74 Å². The third-order valence-electron chi connectivity index (χ3n) is 3.27. The Hall–Kier alpha value is -0.840. The summed E-state index contributed by atoms with van der Waals surface area (Å²) in [6, 6.07) is 4.60. The minimum absolute atomic E-state index is 0.0788. The summed E-state index contributed by atoms with van der Waals surface area (Å²) in [6.07, 6.45) is 2.33. The molecule has 0 amide bonds. The minimum atomic E-state index is -0.362. The van der Waals surface area contributed by atoms with Crippen LogP contribution in [0.15, 0.2) is 18.2 Å². The van der Waals surface area contributed by atoms with Crippen molar-refractivity contribution in [2.75, 3.05) is 13.2 Å². The van der Waals surface area contributed by atoms with Gasteiger partial charge in [0.05, 0.1) is 17.2 Å². The van der Waals surface area contributed by atoms with Crippen LogP contribution in [-0.4, -0.2) is 31.4 Å². The number of halogens is 2. The second-order valence-corrected chi connectivity index (χ2v) is 5.81. The molecule has 0 saturated carbocycles. The highest BCUT2D eigenvalue weighted by atomic mass is 35.5. The summed E-state index contributed by atoms with van der Waals surface area (Å²) in [5.41, 5.74) is 0. The molecule has 1 aromatic carbocycles. The first-order valence-electron chi connectivity index (χ1n) is 7.01. The van der Waals surface area contributed by atoms with E-state index in [2.05, 4.69) is 19.2 Å². The Balaban J connectivity index is 1.75. The smallest absolute Gasteiger partial charge is 0.138 e. The van der Waals surface area contributed by atoms with Crippen molar-refractivity contribution >= 4 is 11.6 Å². The van der Waals surface area contributed by atoms with Crippen LogP contribution in [0.2, 0.25) is 5.02 Å². The molecule has 1 fully saturated rings. The predicted molar refractivity (Wildman–Crippen MR) is 77.9 cm³/mol. The maximum Gasteiger partial charge on any atom is 0.138 e. The van der Waals surface area contributed by atoms with Gasteiger partial charge in [0.1, 0.15) is 18.2 Å². The van der Waals surface area contributed by atoms with Crippen molar-refractivity contribution in [3.63, 3.8) is 0 Å². The molecule has 1 aromatic rings. The first-order valence-corrected chi connectivity index (χ1v) is 7.39. The normalized spacial score (nSPS) is 22.4. The van der Waals surface area contributed by atoms with Gasteiger partial charge in [-0.2, -0.15) is 0 Å². The summed E-state index contributed by atoms with van der Waals surface area (Å²) in [5.74, 6) is 0.139. The molecule has 3 nitrogen and oxygen atoms in total. The van der Waals surface area contributed by atoms with Gasteiger partial charge in [-0.25, -0.2) is 4.39 Å². The molecule has 2 unspecified atom stereocenters. The van der Waals surface area contributed by atoms with Crippen LogP contribution in [0, 0.1) is 5.82 Å². The maximum absolute atomic E-state index is 12.9. The van der Waals surface area contributed by atoms with Crippen LogP contribution in [0.25, 0.3) is 0 Å². The molecule has 0 aromatic heterocycles. The molecule has 0 aliphatic carbocycles. The van der Waals surface area contributed by atoms with E-state index in [0.717, 1.165) is 19.4 Å². The van der Waals surface area contributed by atoms with Crippen molar-refractivity contribution in [2.45, 2.75) is 44.9 Å². The SMILES string of the molecule is CC(C)NCC1CCC(COc2ccc(F)cc2Cl)O1. The number of nitrogens with one attached hydrogen (secondary N) is 1. The second kappa shape index (κ2) is 7.25. The summed E-state index contributed by atoms with van der Waals surface area (Å²) >= 11 is 5.91. The molecular formula is C15H21ClFNO2. The quantitative estimate of drug-likeness (QED) is 0.873. The third-order valence-corrected chi connectivity index (χ3v) is 3.56. The fourth-order valence-electron chi connectivity index (χ4n) is 2.19. The number of hydrogen-bond acceptors (Lipinski definition) is 3. The van der Waals surface area contributed by atoms with Crippen LogP contribution in [0.3, 0.4) is 0 Å². The predicted octanol–water partition coefficient (Wildman–Crippen LogP) is 3.40. The molecule has 2 atom stereocenters. The van der Waals surface area contributed by atoms with E-state index in [-0.39, 0.29) is 18.0 Å². The summed E-state index contributed by atoms with van der Waals surface area (Å²) in [6.45, 7) is 5.55. The molecule has 20 heavy (non-hydrogen) atoms. The lowest BCUT2D eigenvalue weighted by atomic mass is 10.2. The van der Waals surface area contributed by atoms with Gasteiger partial charge in [-0.3, -0.25) is 0 Å². The Morgan fingerprint density at radius 3 is 2.85 bits per heavy atom. The Kier molecular flexibility index (Phi) is 5.64. The molecule has 1 aliphatic rings. The molecule has 1 aliphatic heterocycles. The monoisotopic (exact) mass is 301 g/mol. The number of hydrogen-bond donors (Lipinski definition) is 1. The van der Waals surface area contributed by atoms with Gasteiger partial charge in [0.2, 0.25) is 0 Å². The highest BCUT2D eigenvalue weighted by Crippen LogP contribution is 2.26. The number of ether oxygens (including phenoxy) is 2. The van der Waals surface area contributed by atoms with E-state index in [1.807, 2.05) is 0 Å². The van der Waals surface area contributed by atoms with Crippen molar-refractivity contribution < 1.29 is 13.9 Å². The van der Waals surface area contributed by atoms with E-state index in [9.17, 15) is 4.39 Å². The van der Waals surface area contributed by atoms with Crippen molar-refractivity contribution in [1.29, 1.82) is 0 Å². The third kappa shape index (κ3) is 4.62. The van der Waals surface area contributed by atoms with E-state index in [0.29, 0.717) is 23.4 Å². The average molecular weight is 302 g/mol. The minimum Gasteiger partial charge on any atom is -0.489 e. The van der Waals surface area contributed by atoms with E-state index >= 15 is 0 Å². The van der Waals surface area contributed by atoms with Gasteiger partial charge in [0, 0.05) is 12.6 Å². The van der Waals surface area contributed by atoms with Crippen molar-refractivity contribution in [3.05, 3.63) is 29.0 Å². The first kappa shape index (κ1) is 15.5. The lowest BCUT2D eigenvalue weighted by molar-refractivity contribution is 0.0179. The summed E-state index contributed by atoms with van der Waals surface area (Å²) in [5, 5.41) is 3.66. The Labute approximate surface area is 124 Å². The molecule has 1 heterocycles. The van der Waals surface area contributed by atoms with Gasteiger partial charge in [0.15, 0.2) is 0 Å². The lowest BCUT2D eigenvalue weighted by Crippen LogP contribution is -2.32. The largest absolute Gasteiger partial charge is 0.489 e. The molecular weight excluding hydrogens is 281 g/mol. The van der Waals surface area contributed by atoms with Crippen molar-refractivity contribution in [3.8, 4) is 5.75 Å². The molecule has 112 valence electrons. The topological polar surface area (TPSA) is 30.5 Å². The van der Waals surface area contributed by atoms with Gasteiger partial charge < -0.3 is 14.8 Å². The Bertz CT molecular complexity index is 442. The van der Waals surface area contributed by atoms with Gasteiger partial charge in [0.25, 0.3) is 0 Å². The van der Waals surface area contributed by atoms with Gasteiger partial charge in [-0.15, -0.1) is 0 Å². The van der Waals surface area contributed by atoms with E-state index in [4.69, 9.17) is 21.1 Å². The number of benzene rings is 1. The van der Waals surface area contributed by atoms with Gasteiger partial charge in [-0.05, 0) is 31.0 Å². The van der Waals surface area contributed by atoms with Crippen LogP contribution >= 0.6 is 11.6 Å². The van der Waals surface area contributed by atoms with Gasteiger partial charge >= 0.3 is 0 Å². The molecule has 1 N–H and O–H groups in total. The molecule has 0 bridgehead atoms. The molecule has 1 saturated heterocycles. The standard InChI is InChI=1S/C15H21ClFNO2/c1-10(2)18-8-12-4-5-13(20-12)9-19-15-6-3-11(17)7-14(15)16/h3,6-7,10,12-13,18H,4-5,8-9H2,1-2H3. The zero-order chi connectivity index (χ0) is 14.5. The van der Waals surface area contributed by atoms with Crippen molar-refractivity contribution in [2.24, 2.45) is 0 Å². The van der Waals surface area contributed by atoms with E-state index in [1.54, 1.807) is 6.07 Å². The first-order chi connectivity index (χ1) is 9.54. The van der Waals surface area contributed by atoms with Gasteiger partial charge in [-0.1, -0.05) is 25.4 Å².